The Bertz CT molecular complexity index is 739. The molecule has 0 radical (unpaired) electrons. The Hall–Kier alpha value is -2.63. The second-order valence-electron chi connectivity index (χ2n) is 5.94. The van der Waals surface area contributed by atoms with Gasteiger partial charge in [-0.2, -0.15) is 5.10 Å². The van der Waals surface area contributed by atoms with Crippen LogP contribution in [-0.4, -0.2) is 29.2 Å². The van der Waals surface area contributed by atoms with Gasteiger partial charge in [0.05, 0.1) is 17.8 Å². The quantitative estimate of drug-likeness (QED) is 0.908. The van der Waals surface area contributed by atoms with Crippen LogP contribution in [0.1, 0.15) is 18.4 Å². The van der Waals surface area contributed by atoms with Gasteiger partial charge in [0.25, 0.3) is 5.56 Å². The number of nitrogens with one attached hydrogen (secondary N) is 2. The molecule has 1 aliphatic rings. The first-order chi connectivity index (χ1) is 11.1. The van der Waals surface area contributed by atoms with Crippen molar-refractivity contribution in [3.05, 3.63) is 52.4 Å². The van der Waals surface area contributed by atoms with E-state index in [1.54, 1.807) is 6.20 Å². The molecule has 1 aromatic heterocycles. The molecule has 2 heterocycles. The van der Waals surface area contributed by atoms with E-state index in [0.717, 1.165) is 36.3 Å². The second kappa shape index (κ2) is 6.64. The van der Waals surface area contributed by atoms with Crippen LogP contribution in [0.3, 0.4) is 0 Å². The highest BCUT2D eigenvalue weighted by Gasteiger charge is 2.26. The molecule has 0 aliphatic carbocycles. The van der Waals surface area contributed by atoms with Gasteiger partial charge in [-0.05, 0) is 31.9 Å². The third-order valence-electron chi connectivity index (χ3n) is 4.13. The van der Waals surface area contributed by atoms with E-state index in [1.165, 1.54) is 6.07 Å². The summed E-state index contributed by atoms with van der Waals surface area (Å²) in [5.74, 6) is -0.0688. The van der Waals surface area contributed by atoms with Crippen molar-refractivity contribution in [1.29, 1.82) is 0 Å². The van der Waals surface area contributed by atoms with Gasteiger partial charge in [-0.15, -0.1) is 0 Å². The van der Waals surface area contributed by atoms with Crippen LogP contribution >= 0.6 is 0 Å². The number of piperidine rings is 1. The summed E-state index contributed by atoms with van der Waals surface area (Å²) in [6, 6.07) is 9.30. The second-order valence-corrected chi connectivity index (χ2v) is 5.94. The number of amides is 1. The highest BCUT2D eigenvalue weighted by molar-refractivity contribution is 5.93. The van der Waals surface area contributed by atoms with Crippen LogP contribution in [0.4, 0.5) is 11.4 Å². The Labute approximate surface area is 134 Å². The lowest BCUT2D eigenvalue weighted by molar-refractivity contribution is -0.120. The largest absolute Gasteiger partial charge is 0.369 e. The third kappa shape index (κ3) is 3.77. The fraction of sp³-hybridized carbons (Fsp3) is 0.353. The van der Waals surface area contributed by atoms with Crippen molar-refractivity contribution in [2.45, 2.75) is 19.8 Å². The molecule has 1 saturated heterocycles. The Morgan fingerprint density at radius 2 is 2.13 bits per heavy atom. The predicted molar refractivity (Wildman–Crippen MR) is 89.6 cm³/mol. The number of rotatable bonds is 3. The van der Waals surface area contributed by atoms with Gasteiger partial charge in [-0.3, -0.25) is 9.59 Å². The summed E-state index contributed by atoms with van der Waals surface area (Å²) in [4.78, 5) is 25.9. The number of carbonyl (C=O) groups excluding carboxylic acids is 1. The van der Waals surface area contributed by atoms with Gasteiger partial charge in [0.1, 0.15) is 0 Å². The van der Waals surface area contributed by atoms with Crippen molar-refractivity contribution in [2.75, 3.05) is 23.3 Å². The number of aryl methyl sites for hydroxylation is 1. The van der Waals surface area contributed by atoms with Gasteiger partial charge in [0, 0.05) is 24.8 Å². The minimum atomic E-state index is -0.228. The summed E-state index contributed by atoms with van der Waals surface area (Å²) in [5, 5.41) is 9.17. The molecule has 2 N–H and O–H groups in total. The Morgan fingerprint density at radius 1 is 1.35 bits per heavy atom. The van der Waals surface area contributed by atoms with E-state index in [-0.39, 0.29) is 17.4 Å². The van der Waals surface area contributed by atoms with Gasteiger partial charge in [-0.1, -0.05) is 17.7 Å². The minimum absolute atomic E-state index is 0.0244. The molecule has 23 heavy (non-hydrogen) atoms. The van der Waals surface area contributed by atoms with Crippen molar-refractivity contribution < 1.29 is 4.79 Å². The van der Waals surface area contributed by atoms with E-state index in [4.69, 9.17) is 0 Å². The molecule has 1 aliphatic heterocycles. The average molecular weight is 312 g/mol. The monoisotopic (exact) mass is 312 g/mol. The lowest BCUT2D eigenvalue weighted by atomic mass is 9.96. The van der Waals surface area contributed by atoms with Crippen LogP contribution in [0.5, 0.6) is 0 Å². The maximum Gasteiger partial charge on any atom is 0.266 e. The molecular formula is C17H20N4O2. The van der Waals surface area contributed by atoms with E-state index < -0.39 is 0 Å². The van der Waals surface area contributed by atoms with Crippen molar-refractivity contribution in [2.24, 2.45) is 5.92 Å². The van der Waals surface area contributed by atoms with Crippen molar-refractivity contribution in [3.63, 3.8) is 0 Å². The minimum Gasteiger partial charge on any atom is -0.369 e. The van der Waals surface area contributed by atoms with Crippen LogP contribution in [0, 0.1) is 12.8 Å². The molecule has 0 saturated carbocycles. The van der Waals surface area contributed by atoms with Gasteiger partial charge in [0.15, 0.2) is 0 Å². The maximum absolute atomic E-state index is 12.5. The number of aromatic amines is 1. The van der Waals surface area contributed by atoms with Crippen LogP contribution in [0.15, 0.2) is 41.3 Å². The number of carbonyl (C=O) groups is 1. The highest BCUT2D eigenvalue weighted by Crippen LogP contribution is 2.23. The molecular weight excluding hydrogens is 292 g/mol. The molecule has 0 bridgehead atoms. The van der Waals surface area contributed by atoms with Gasteiger partial charge < -0.3 is 10.2 Å². The molecule has 2 aromatic rings. The Morgan fingerprint density at radius 3 is 2.87 bits per heavy atom. The molecule has 120 valence electrons. The number of benzene rings is 1. The first-order valence-electron chi connectivity index (χ1n) is 7.79. The zero-order valence-electron chi connectivity index (χ0n) is 13.1. The topological polar surface area (TPSA) is 78.1 Å². The normalized spacial score (nSPS) is 17.8. The van der Waals surface area contributed by atoms with Crippen LogP contribution in [0.2, 0.25) is 0 Å². The lowest BCUT2D eigenvalue weighted by Crippen LogP contribution is -2.41. The summed E-state index contributed by atoms with van der Waals surface area (Å²) in [7, 11) is 0. The van der Waals surface area contributed by atoms with E-state index >= 15 is 0 Å². The molecule has 6 heteroatoms. The van der Waals surface area contributed by atoms with E-state index in [9.17, 15) is 9.59 Å². The Kier molecular flexibility index (Phi) is 4.41. The first kappa shape index (κ1) is 15.3. The summed E-state index contributed by atoms with van der Waals surface area (Å²) in [6.45, 7) is 3.45. The van der Waals surface area contributed by atoms with E-state index in [0.29, 0.717) is 6.54 Å². The number of aromatic nitrogens is 2. The zero-order valence-corrected chi connectivity index (χ0v) is 13.1. The molecule has 0 spiro atoms. The maximum atomic E-state index is 12.5. The molecule has 3 rings (SSSR count). The zero-order chi connectivity index (χ0) is 16.2. The molecule has 1 unspecified atom stereocenters. The highest BCUT2D eigenvalue weighted by atomic mass is 16.2. The predicted octanol–water partition coefficient (Wildman–Crippen LogP) is 1.93. The molecule has 6 nitrogen and oxygen atoms in total. The number of H-pyrrole nitrogens is 1. The molecule has 1 aromatic carbocycles. The van der Waals surface area contributed by atoms with Crippen molar-refractivity contribution in [1.82, 2.24) is 10.2 Å². The number of nitrogens with zero attached hydrogens (tertiary/aromatic N) is 2. The van der Waals surface area contributed by atoms with Crippen LogP contribution in [0.25, 0.3) is 0 Å². The number of hydrogen-bond acceptors (Lipinski definition) is 4. The summed E-state index contributed by atoms with van der Waals surface area (Å²) >= 11 is 0. The Balaban J connectivity index is 1.67. The van der Waals surface area contributed by atoms with E-state index in [1.807, 2.05) is 36.1 Å². The van der Waals surface area contributed by atoms with Crippen molar-refractivity contribution in [3.8, 4) is 0 Å². The summed E-state index contributed by atoms with van der Waals surface area (Å²) < 4.78 is 0. The third-order valence-corrected chi connectivity index (χ3v) is 4.13. The SMILES string of the molecule is Cc1ccc(NC(=O)C2CCCN(c3cn[nH]c(=O)c3)C2)cc1. The fourth-order valence-electron chi connectivity index (χ4n) is 2.85. The standard InChI is InChI=1S/C17H20N4O2/c1-12-4-6-14(7-5-12)19-17(23)13-3-2-8-21(11-13)15-9-16(22)20-18-10-15/h4-7,9-10,13H,2-3,8,11H2,1H3,(H,19,23)(H,20,22). The molecule has 1 atom stereocenters. The summed E-state index contributed by atoms with van der Waals surface area (Å²) in [5.41, 5.74) is 2.51. The molecule has 1 amide bonds. The number of hydrogen-bond donors (Lipinski definition) is 2. The van der Waals surface area contributed by atoms with Crippen LogP contribution in [-0.2, 0) is 4.79 Å². The van der Waals surface area contributed by atoms with Crippen molar-refractivity contribution >= 4 is 17.3 Å². The molecule has 1 fully saturated rings. The fourth-order valence-corrected chi connectivity index (χ4v) is 2.85. The number of anilines is 2. The lowest BCUT2D eigenvalue weighted by Gasteiger charge is -2.33. The van der Waals surface area contributed by atoms with Gasteiger partial charge in [0.2, 0.25) is 5.91 Å². The van der Waals surface area contributed by atoms with Gasteiger partial charge >= 0.3 is 0 Å². The average Bonchev–Trinajstić information content (AvgIpc) is 2.57. The van der Waals surface area contributed by atoms with E-state index in [2.05, 4.69) is 15.5 Å². The smallest absolute Gasteiger partial charge is 0.266 e. The first-order valence-corrected chi connectivity index (χ1v) is 7.79. The van der Waals surface area contributed by atoms with Crippen LogP contribution < -0.4 is 15.8 Å². The summed E-state index contributed by atoms with van der Waals surface area (Å²) in [6.07, 6.45) is 3.39. The van der Waals surface area contributed by atoms with Gasteiger partial charge in [-0.25, -0.2) is 5.10 Å².